The first-order valence-corrected chi connectivity index (χ1v) is 12.1. The maximum Gasteiger partial charge on any atom is 0.340 e. The van der Waals surface area contributed by atoms with Crippen molar-refractivity contribution in [1.82, 2.24) is 9.29 Å². The third-order valence-corrected chi connectivity index (χ3v) is 7.61. The Balaban J connectivity index is 1.45. The lowest BCUT2D eigenvalue weighted by molar-refractivity contribution is 0.0473. The summed E-state index contributed by atoms with van der Waals surface area (Å²) in [5, 5.41) is 0.0418. The molecule has 0 aliphatic carbocycles. The number of nitrogens with one attached hydrogen (secondary N) is 1. The SMILES string of the molecule is O=C(COC(=O)c1cc(S(=O)(=O)N2CCN(c3ccccc3)CC2)ccc1Cl)c1ccc[nH]1. The Kier molecular flexibility index (Phi) is 6.83. The van der Waals surface area contributed by atoms with Crippen molar-refractivity contribution in [2.45, 2.75) is 4.90 Å². The minimum absolute atomic E-state index is 0.0418. The highest BCUT2D eigenvalue weighted by Gasteiger charge is 2.30. The number of Topliss-reactive ketones (excluding diaryl/α,β-unsaturated/α-hetero) is 1. The van der Waals surface area contributed by atoms with Crippen molar-refractivity contribution in [3.8, 4) is 0 Å². The molecule has 33 heavy (non-hydrogen) atoms. The summed E-state index contributed by atoms with van der Waals surface area (Å²) in [6, 6.07) is 16.9. The molecular formula is C23H22ClN3O5S. The lowest BCUT2D eigenvalue weighted by Crippen LogP contribution is -2.48. The predicted octanol–water partition coefficient (Wildman–Crippen LogP) is 3.22. The van der Waals surface area contributed by atoms with Crippen molar-refractivity contribution >= 4 is 39.1 Å². The lowest BCUT2D eigenvalue weighted by atomic mass is 10.2. The van der Waals surface area contributed by atoms with Gasteiger partial charge in [0.25, 0.3) is 0 Å². The van der Waals surface area contributed by atoms with E-state index >= 15 is 0 Å². The molecule has 0 amide bonds. The van der Waals surface area contributed by atoms with Gasteiger partial charge in [-0.3, -0.25) is 4.79 Å². The Labute approximate surface area is 196 Å². The highest BCUT2D eigenvalue weighted by molar-refractivity contribution is 7.89. The van der Waals surface area contributed by atoms with Gasteiger partial charge in [0.1, 0.15) is 0 Å². The van der Waals surface area contributed by atoms with E-state index in [9.17, 15) is 18.0 Å². The number of rotatable bonds is 7. The van der Waals surface area contributed by atoms with Crippen LogP contribution in [0.3, 0.4) is 0 Å². The molecule has 2 aromatic carbocycles. The van der Waals surface area contributed by atoms with Crippen LogP contribution in [0.4, 0.5) is 5.69 Å². The summed E-state index contributed by atoms with van der Waals surface area (Å²) in [5.74, 6) is -1.28. The standard InChI is InChI=1S/C23H22ClN3O5S/c24-20-9-8-18(15-19(20)23(29)32-16-22(28)21-7-4-10-25-21)33(30,31)27-13-11-26(12-14-27)17-5-2-1-3-6-17/h1-10,15,25H,11-14,16H2. The number of benzene rings is 2. The number of nitrogens with zero attached hydrogens (tertiary/aromatic N) is 2. The highest BCUT2D eigenvalue weighted by atomic mass is 35.5. The van der Waals surface area contributed by atoms with Crippen LogP contribution in [0.1, 0.15) is 20.8 Å². The van der Waals surface area contributed by atoms with Crippen LogP contribution >= 0.6 is 11.6 Å². The summed E-state index contributed by atoms with van der Waals surface area (Å²) in [4.78, 5) is 29.4. The number of halogens is 1. The Morgan fingerprint density at radius 3 is 2.36 bits per heavy atom. The number of hydrogen-bond acceptors (Lipinski definition) is 6. The summed E-state index contributed by atoms with van der Waals surface area (Å²) in [6.07, 6.45) is 1.58. The van der Waals surface area contributed by atoms with Crippen LogP contribution in [0.5, 0.6) is 0 Å². The molecule has 0 spiro atoms. The van der Waals surface area contributed by atoms with Gasteiger partial charge >= 0.3 is 5.97 Å². The third-order valence-electron chi connectivity index (χ3n) is 5.39. The molecule has 4 rings (SSSR count). The van der Waals surface area contributed by atoms with Gasteiger partial charge in [0, 0.05) is 38.1 Å². The number of sulfonamides is 1. The molecular weight excluding hydrogens is 466 g/mol. The minimum Gasteiger partial charge on any atom is -0.454 e. The molecule has 0 saturated carbocycles. The number of aromatic amines is 1. The molecule has 1 aromatic heterocycles. The fourth-order valence-electron chi connectivity index (χ4n) is 3.59. The van der Waals surface area contributed by atoms with E-state index in [-0.39, 0.29) is 15.5 Å². The Hall–Kier alpha value is -3.14. The van der Waals surface area contributed by atoms with Crippen LogP contribution in [-0.4, -0.2) is 62.2 Å². The van der Waals surface area contributed by atoms with Gasteiger partial charge < -0.3 is 14.6 Å². The fraction of sp³-hybridized carbons (Fsp3) is 0.217. The van der Waals surface area contributed by atoms with Crippen molar-refractivity contribution in [2.24, 2.45) is 0 Å². The summed E-state index contributed by atoms with van der Waals surface area (Å²) < 4.78 is 32.8. The van der Waals surface area contributed by atoms with E-state index in [4.69, 9.17) is 16.3 Å². The van der Waals surface area contributed by atoms with Gasteiger partial charge in [-0.1, -0.05) is 29.8 Å². The second-order valence-corrected chi connectivity index (χ2v) is 9.80. The number of ketones is 1. The maximum absolute atomic E-state index is 13.2. The predicted molar refractivity (Wildman–Crippen MR) is 124 cm³/mol. The van der Waals surface area contributed by atoms with Crippen LogP contribution < -0.4 is 4.90 Å². The molecule has 1 aliphatic rings. The fourth-order valence-corrected chi connectivity index (χ4v) is 5.23. The van der Waals surface area contributed by atoms with Gasteiger partial charge in [0.05, 0.1) is 21.2 Å². The first-order chi connectivity index (χ1) is 15.9. The first-order valence-electron chi connectivity index (χ1n) is 10.3. The average molecular weight is 488 g/mol. The quantitative estimate of drug-likeness (QED) is 0.406. The van der Waals surface area contributed by atoms with E-state index in [2.05, 4.69) is 9.88 Å². The zero-order chi connectivity index (χ0) is 23.4. The molecule has 172 valence electrons. The average Bonchev–Trinajstić information content (AvgIpc) is 3.38. The molecule has 3 aromatic rings. The Bertz CT molecular complexity index is 1240. The van der Waals surface area contributed by atoms with Crippen LogP contribution in [0.15, 0.2) is 71.8 Å². The number of esters is 1. The van der Waals surface area contributed by atoms with Crippen LogP contribution in [-0.2, 0) is 14.8 Å². The number of carbonyl (C=O) groups is 2. The number of para-hydroxylation sites is 1. The number of hydrogen-bond donors (Lipinski definition) is 1. The molecule has 1 N–H and O–H groups in total. The molecule has 1 fully saturated rings. The number of H-pyrrole nitrogens is 1. The zero-order valence-corrected chi connectivity index (χ0v) is 19.2. The van der Waals surface area contributed by atoms with Gasteiger partial charge in [-0.25, -0.2) is 13.2 Å². The minimum atomic E-state index is -3.84. The molecule has 2 heterocycles. The van der Waals surface area contributed by atoms with Gasteiger partial charge in [-0.2, -0.15) is 4.31 Å². The molecule has 0 radical (unpaired) electrons. The number of anilines is 1. The lowest BCUT2D eigenvalue weighted by Gasteiger charge is -2.35. The van der Waals surface area contributed by atoms with E-state index < -0.39 is 28.4 Å². The molecule has 8 nitrogen and oxygen atoms in total. The molecule has 1 saturated heterocycles. The number of ether oxygens (including phenoxy) is 1. The number of piperazine rings is 1. The van der Waals surface area contributed by atoms with Crippen LogP contribution in [0.2, 0.25) is 5.02 Å². The largest absolute Gasteiger partial charge is 0.454 e. The van der Waals surface area contributed by atoms with Gasteiger partial charge in [-0.05, 0) is 42.5 Å². The van der Waals surface area contributed by atoms with Gasteiger partial charge in [0.15, 0.2) is 6.61 Å². The van der Waals surface area contributed by atoms with Crippen molar-refractivity contribution in [3.63, 3.8) is 0 Å². The molecule has 0 unspecified atom stereocenters. The van der Waals surface area contributed by atoms with Crippen molar-refractivity contribution in [2.75, 3.05) is 37.7 Å². The summed E-state index contributed by atoms with van der Waals surface area (Å²) in [5.41, 5.74) is 1.24. The summed E-state index contributed by atoms with van der Waals surface area (Å²) in [7, 11) is -3.84. The summed E-state index contributed by atoms with van der Waals surface area (Å²) in [6.45, 7) is 1.22. The van der Waals surface area contributed by atoms with Crippen molar-refractivity contribution in [1.29, 1.82) is 0 Å². The van der Waals surface area contributed by atoms with Gasteiger partial charge in [-0.15, -0.1) is 0 Å². The third kappa shape index (κ3) is 5.11. The van der Waals surface area contributed by atoms with E-state index in [1.165, 1.54) is 22.5 Å². The van der Waals surface area contributed by atoms with Crippen LogP contribution in [0.25, 0.3) is 0 Å². The Morgan fingerprint density at radius 1 is 0.970 bits per heavy atom. The molecule has 0 bridgehead atoms. The van der Waals surface area contributed by atoms with Crippen LogP contribution in [0, 0.1) is 0 Å². The van der Waals surface area contributed by atoms with Gasteiger partial charge in [0.2, 0.25) is 15.8 Å². The van der Waals surface area contributed by atoms with Crippen molar-refractivity contribution < 1.29 is 22.7 Å². The van der Waals surface area contributed by atoms with E-state index in [1.54, 1.807) is 18.3 Å². The van der Waals surface area contributed by atoms with Crippen molar-refractivity contribution in [3.05, 3.63) is 83.1 Å². The molecule has 10 heteroatoms. The normalized spacial score (nSPS) is 14.8. The number of carbonyl (C=O) groups excluding carboxylic acids is 2. The van der Waals surface area contributed by atoms with E-state index in [0.29, 0.717) is 31.9 Å². The maximum atomic E-state index is 13.2. The topological polar surface area (TPSA) is 99.8 Å². The highest BCUT2D eigenvalue weighted by Crippen LogP contribution is 2.25. The monoisotopic (exact) mass is 487 g/mol. The number of aromatic nitrogens is 1. The van der Waals surface area contributed by atoms with E-state index in [0.717, 1.165) is 5.69 Å². The molecule has 1 aliphatic heterocycles. The smallest absolute Gasteiger partial charge is 0.340 e. The van der Waals surface area contributed by atoms with E-state index in [1.807, 2.05) is 30.3 Å². The summed E-state index contributed by atoms with van der Waals surface area (Å²) >= 11 is 6.12. The Morgan fingerprint density at radius 2 is 1.70 bits per heavy atom. The second kappa shape index (κ2) is 9.78. The molecule has 0 atom stereocenters. The zero-order valence-electron chi connectivity index (χ0n) is 17.6. The second-order valence-electron chi connectivity index (χ2n) is 7.45. The first kappa shape index (κ1) is 23.0.